The minimum Gasteiger partial charge on any atom is -0.497 e. The Morgan fingerprint density at radius 1 is 1.19 bits per heavy atom. The van der Waals surface area contributed by atoms with Crippen LogP contribution in [0, 0.1) is 5.41 Å². The Bertz CT molecular complexity index is 693. The van der Waals surface area contributed by atoms with Gasteiger partial charge in [0.05, 0.1) is 13.2 Å². The number of hydrogen-bond donors (Lipinski definition) is 1. The molecule has 1 saturated heterocycles. The number of carbonyl (C=O) groups is 1. The van der Waals surface area contributed by atoms with Crippen LogP contribution in [0.1, 0.15) is 25.5 Å². The highest BCUT2D eigenvalue weighted by atomic mass is 16.6. The van der Waals surface area contributed by atoms with Gasteiger partial charge < -0.3 is 14.8 Å². The molecule has 0 aromatic heterocycles. The number of methoxy groups -OCH3 is 1. The third-order valence-corrected chi connectivity index (χ3v) is 4.02. The lowest BCUT2D eigenvalue weighted by Crippen LogP contribution is -2.46. The average molecular weight is 285 g/mol. The van der Waals surface area contributed by atoms with Gasteiger partial charge in [0.1, 0.15) is 12.4 Å². The normalized spacial score (nSPS) is 20.7. The number of amides is 1. The first-order valence-corrected chi connectivity index (χ1v) is 7.00. The number of carbonyl (C=O) groups excluding carboxylic acids is 1. The molecule has 2 aromatic rings. The van der Waals surface area contributed by atoms with E-state index in [2.05, 4.69) is 37.4 Å². The van der Waals surface area contributed by atoms with Crippen molar-refractivity contribution in [3.05, 3.63) is 42.0 Å². The molecule has 3 rings (SSSR count). The first-order valence-electron chi connectivity index (χ1n) is 7.00. The minimum absolute atomic E-state index is 0.0507. The van der Waals surface area contributed by atoms with E-state index in [0.717, 1.165) is 22.1 Å². The second-order valence-electron chi connectivity index (χ2n) is 6.11. The molecule has 1 amide bonds. The molecule has 0 unspecified atom stereocenters. The van der Waals surface area contributed by atoms with Gasteiger partial charge >= 0.3 is 6.09 Å². The van der Waals surface area contributed by atoms with Gasteiger partial charge in [0.25, 0.3) is 0 Å². The van der Waals surface area contributed by atoms with E-state index in [-0.39, 0.29) is 17.6 Å². The maximum Gasteiger partial charge on any atom is 0.407 e. The Labute approximate surface area is 124 Å². The number of fused-ring (bicyclic) bond motifs is 1. The molecular formula is C17H19NO3. The molecule has 0 saturated carbocycles. The van der Waals surface area contributed by atoms with Crippen LogP contribution >= 0.6 is 0 Å². The van der Waals surface area contributed by atoms with E-state index in [1.54, 1.807) is 7.11 Å². The van der Waals surface area contributed by atoms with Crippen LogP contribution in [0.15, 0.2) is 36.4 Å². The summed E-state index contributed by atoms with van der Waals surface area (Å²) in [5.74, 6) is 0.843. The highest BCUT2D eigenvalue weighted by Crippen LogP contribution is 2.37. The maximum absolute atomic E-state index is 11.5. The lowest BCUT2D eigenvalue weighted by molar-refractivity contribution is 0.0388. The lowest BCUT2D eigenvalue weighted by Gasteiger charge is -2.38. The molecule has 1 atom stereocenters. The molecule has 0 aliphatic carbocycles. The number of nitrogens with one attached hydrogen (secondary N) is 1. The van der Waals surface area contributed by atoms with Crippen molar-refractivity contribution in [2.75, 3.05) is 13.7 Å². The van der Waals surface area contributed by atoms with Crippen molar-refractivity contribution < 1.29 is 14.3 Å². The highest BCUT2D eigenvalue weighted by molar-refractivity contribution is 5.85. The Morgan fingerprint density at radius 2 is 1.90 bits per heavy atom. The van der Waals surface area contributed by atoms with Gasteiger partial charge in [0.15, 0.2) is 0 Å². The van der Waals surface area contributed by atoms with Gasteiger partial charge in [-0.1, -0.05) is 32.0 Å². The Hall–Kier alpha value is -2.23. The van der Waals surface area contributed by atoms with Crippen molar-refractivity contribution >= 4 is 16.9 Å². The number of alkyl carbamates (subject to hydrolysis) is 1. The van der Waals surface area contributed by atoms with Gasteiger partial charge in [-0.2, -0.15) is 0 Å². The van der Waals surface area contributed by atoms with Crippen molar-refractivity contribution in [3.8, 4) is 5.75 Å². The molecule has 1 aliphatic rings. The second kappa shape index (κ2) is 4.95. The first-order chi connectivity index (χ1) is 9.99. The molecule has 0 bridgehead atoms. The van der Waals surface area contributed by atoms with Gasteiger partial charge in [0.2, 0.25) is 0 Å². The van der Waals surface area contributed by atoms with Gasteiger partial charge in [-0.15, -0.1) is 0 Å². The summed E-state index contributed by atoms with van der Waals surface area (Å²) in [6, 6.07) is 12.2. The fourth-order valence-corrected chi connectivity index (χ4v) is 2.77. The quantitative estimate of drug-likeness (QED) is 0.916. The zero-order chi connectivity index (χ0) is 15.0. The van der Waals surface area contributed by atoms with E-state index in [1.807, 2.05) is 18.2 Å². The molecule has 1 heterocycles. The highest BCUT2D eigenvalue weighted by Gasteiger charge is 2.37. The Morgan fingerprint density at radius 3 is 2.67 bits per heavy atom. The molecule has 0 spiro atoms. The first kappa shape index (κ1) is 13.7. The van der Waals surface area contributed by atoms with Crippen LogP contribution in [0.3, 0.4) is 0 Å². The molecule has 4 heteroatoms. The van der Waals surface area contributed by atoms with Crippen LogP contribution < -0.4 is 10.1 Å². The summed E-state index contributed by atoms with van der Waals surface area (Å²) in [4.78, 5) is 11.5. The van der Waals surface area contributed by atoms with Crippen LogP contribution in [0.25, 0.3) is 10.8 Å². The van der Waals surface area contributed by atoms with Crippen LogP contribution in [0.2, 0.25) is 0 Å². The van der Waals surface area contributed by atoms with Gasteiger partial charge in [-0.25, -0.2) is 4.79 Å². The lowest BCUT2D eigenvalue weighted by atomic mass is 9.80. The smallest absolute Gasteiger partial charge is 0.407 e. The standard InChI is InChI=1S/C17H19NO3/c1-17(2)10-21-16(19)18-15(17)13-5-4-12-9-14(20-3)7-6-11(12)8-13/h4-9,15H,10H2,1-3H3,(H,18,19)/t15-/m0/s1. The van der Waals surface area contributed by atoms with Crippen LogP contribution in [0.4, 0.5) is 4.79 Å². The van der Waals surface area contributed by atoms with E-state index in [4.69, 9.17) is 9.47 Å². The molecule has 1 aliphatic heterocycles. The van der Waals surface area contributed by atoms with E-state index in [1.165, 1.54) is 0 Å². The predicted octanol–water partition coefficient (Wildman–Crippen LogP) is 3.66. The van der Waals surface area contributed by atoms with E-state index in [0.29, 0.717) is 6.61 Å². The number of cyclic esters (lactones) is 1. The van der Waals surface area contributed by atoms with Gasteiger partial charge in [-0.3, -0.25) is 0 Å². The zero-order valence-corrected chi connectivity index (χ0v) is 12.5. The molecule has 1 N–H and O–H groups in total. The molecule has 4 nitrogen and oxygen atoms in total. The zero-order valence-electron chi connectivity index (χ0n) is 12.5. The fraction of sp³-hybridized carbons (Fsp3) is 0.353. The number of ether oxygens (including phenoxy) is 2. The molecule has 0 radical (unpaired) electrons. The summed E-state index contributed by atoms with van der Waals surface area (Å²) < 4.78 is 10.3. The molecular weight excluding hydrogens is 266 g/mol. The van der Waals surface area contributed by atoms with Crippen molar-refractivity contribution in [2.24, 2.45) is 5.41 Å². The SMILES string of the molecule is COc1ccc2cc([C@@H]3NC(=O)OCC3(C)C)ccc2c1. The predicted molar refractivity (Wildman–Crippen MR) is 81.5 cm³/mol. The van der Waals surface area contributed by atoms with Gasteiger partial charge in [0, 0.05) is 5.41 Å². The monoisotopic (exact) mass is 285 g/mol. The van der Waals surface area contributed by atoms with Crippen molar-refractivity contribution in [3.63, 3.8) is 0 Å². The number of hydrogen-bond acceptors (Lipinski definition) is 3. The van der Waals surface area contributed by atoms with Crippen molar-refractivity contribution in [2.45, 2.75) is 19.9 Å². The summed E-state index contributed by atoms with van der Waals surface area (Å²) in [7, 11) is 1.66. The van der Waals surface area contributed by atoms with Crippen LogP contribution in [0.5, 0.6) is 5.75 Å². The third kappa shape index (κ3) is 2.53. The largest absolute Gasteiger partial charge is 0.497 e. The topological polar surface area (TPSA) is 47.6 Å². The Balaban J connectivity index is 2.02. The van der Waals surface area contributed by atoms with Crippen molar-refractivity contribution in [1.29, 1.82) is 0 Å². The fourth-order valence-electron chi connectivity index (χ4n) is 2.77. The summed E-state index contributed by atoms with van der Waals surface area (Å²) in [5.41, 5.74) is 0.947. The van der Waals surface area contributed by atoms with E-state index < -0.39 is 0 Å². The van der Waals surface area contributed by atoms with E-state index in [9.17, 15) is 4.79 Å². The second-order valence-corrected chi connectivity index (χ2v) is 6.11. The maximum atomic E-state index is 11.5. The molecule has 110 valence electrons. The number of rotatable bonds is 2. The molecule has 21 heavy (non-hydrogen) atoms. The van der Waals surface area contributed by atoms with Crippen LogP contribution in [-0.2, 0) is 4.74 Å². The minimum atomic E-state index is -0.353. The number of benzene rings is 2. The summed E-state index contributed by atoms with van der Waals surface area (Å²) in [6.45, 7) is 4.61. The van der Waals surface area contributed by atoms with E-state index >= 15 is 0 Å². The molecule has 1 fully saturated rings. The van der Waals surface area contributed by atoms with Gasteiger partial charge in [-0.05, 0) is 34.5 Å². The molecule has 2 aromatic carbocycles. The summed E-state index contributed by atoms with van der Waals surface area (Å²) in [5, 5.41) is 5.17. The summed E-state index contributed by atoms with van der Waals surface area (Å²) >= 11 is 0. The summed E-state index contributed by atoms with van der Waals surface area (Å²) in [6.07, 6.45) is -0.353. The van der Waals surface area contributed by atoms with Crippen LogP contribution in [-0.4, -0.2) is 19.8 Å². The van der Waals surface area contributed by atoms with Crippen molar-refractivity contribution in [1.82, 2.24) is 5.32 Å². The third-order valence-electron chi connectivity index (χ3n) is 4.02. The Kier molecular flexibility index (Phi) is 3.24. The average Bonchev–Trinajstić information content (AvgIpc) is 2.48.